The number of Topliss-reactive ketones (excluding diaryl/α,β-unsaturated/α-hetero) is 1. The van der Waals surface area contributed by atoms with E-state index >= 15 is 0 Å². The van der Waals surface area contributed by atoms with Crippen LogP contribution in [-0.2, 0) is 27.3 Å². The number of thiocarbonyl (C=S) groups is 1. The standard InChI is InChI=1S/C52H54N6O7S2/c1-31(2)46(56-28-36-11-8-9-12-41(36)48(56)61)49(62)55-29-39(59)27-43(55)44(60)22-15-34-13-14-35(47-33(4)54-30-67-47)26-45(34)65-24-10-23-64-40-19-16-37(17-20-40)58-51(66)57(50(63)52(58,5)6)38-18-21-42(53-7)32(3)25-38/h8-9,11-14,16-21,25-26,30-31,39,43,46,59H,10,15,22-24,27-29H2,1-6H3/t39-,43+,46+/m1/s1. The van der Waals surface area contributed by atoms with Crippen LogP contribution in [0.25, 0.3) is 15.3 Å². The number of ether oxygens (including phenoxy) is 2. The molecule has 3 amide bonds. The molecule has 0 saturated carbocycles. The Bertz CT molecular complexity index is 2780. The summed E-state index contributed by atoms with van der Waals surface area (Å²) in [5.41, 5.74) is 7.65. The van der Waals surface area contributed by atoms with Gasteiger partial charge < -0.3 is 29.3 Å². The summed E-state index contributed by atoms with van der Waals surface area (Å²) < 4.78 is 12.5. The molecule has 2 fully saturated rings. The molecule has 67 heavy (non-hydrogen) atoms. The van der Waals surface area contributed by atoms with Gasteiger partial charge in [-0.3, -0.25) is 24.1 Å². The number of aryl methyl sites for hydroxylation is 3. The van der Waals surface area contributed by atoms with Crippen LogP contribution in [0.2, 0.25) is 0 Å². The average molecular weight is 939 g/mol. The lowest BCUT2D eigenvalue weighted by molar-refractivity contribution is -0.142. The van der Waals surface area contributed by atoms with Crippen LogP contribution in [0, 0.1) is 26.3 Å². The van der Waals surface area contributed by atoms with Crippen LogP contribution in [0.5, 0.6) is 11.5 Å². The summed E-state index contributed by atoms with van der Waals surface area (Å²) in [6, 6.07) is 24.4. The minimum Gasteiger partial charge on any atom is -0.493 e. The van der Waals surface area contributed by atoms with Gasteiger partial charge in [0.15, 0.2) is 16.6 Å². The van der Waals surface area contributed by atoms with Gasteiger partial charge in [0, 0.05) is 49.3 Å². The predicted octanol–water partition coefficient (Wildman–Crippen LogP) is 8.89. The molecule has 3 atom stereocenters. The van der Waals surface area contributed by atoms with Crippen molar-refractivity contribution in [1.82, 2.24) is 14.8 Å². The first-order valence-electron chi connectivity index (χ1n) is 22.5. The maximum atomic E-state index is 14.3. The number of aliphatic hydroxyl groups excluding tert-OH is 1. The molecule has 3 aliphatic rings. The smallest absolute Gasteiger partial charge is 0.259 e. The second-order valence-corrected chi connectivity index (χ2v) is 19.4. The molecule has 4 heterocycles. The van der Waals surface area contributed by atoms with Crippen LogP contribution >= 0.6 is 23.6 Å². The second-order valence-electron chi connectivity index (χ2n) is 18.2. The lowest BCUT2D eigenvalue weighted by Crippen LogP contribution is -2.54. The maximum absolute atomic E-state index is 14.3. The van der Waals surface area contributed by atoms with Crippen molar-refractivity contribution in [3.05, 3.63) is 130 Å². The van der Waals surface area contributed by atoms with Crippen molar-refractivity contribution in [2.45, 2.75) is 97.5 Å². The first-order valence-corrected chi connectivity index (χ1v) is 23.8. The van der Waals surface area contributed by atoms with Crippen molar-refractivity contribution in [2.75, 3.05) is 29.6 Å². The van der Waals surface area contributed by atoms with Gasteiger partial charge in [0.05, 0.1) is 48.0 Å². The zero-order valence-electron chi connectivity index (χ0n) is 38.5. The monoisotopic (exact) mass is 938 g/mol. The lowest BCUT2D eigenvalue weighted by Gasteiger charge is -2.35. The van der Waals surface area contributed by atoms with Crippen LogP contribution in [0.4, 0.5) is 17.1 Å². The van der Waals surface area contributed by atoms with Crippen molar-refractivity contribution >= 4 is 69.2 Å². The van der Waals surface area contributed by atoms with Gasteiger partial charge in [-0.1, -0.05) is 50.2 Å². The summed E-state index contributed by atoms with van der Waals surface area (Å²) >= 11 is 7.41. The second kappa shape index (κ2) is 19.4. The highest BCUT2D eigenvalue weighted by atomic mass is 32.1. The number of fused-ring (bicyclic) bond motifs is 1. The Hall–Kier alpha value is -6.47. The van der Waals surface area contributed by atoms with E-state index in [1.165, 1.54) is 21.1 Å². The number of aliphatic hydroxyl groups is 1. The molecule has 5 aromatic rings. The average Bonchev–Trinajstić information content (AvgIpc) is 4.05. The number of thiazole rings is 1. The van der Waals surface area contributed by atoms with Gasteiger partial charge in [-0.15, -0.1) is 11.3 Å². The topological polar surface area (TPSA) is 137 Å². The van der Waals surface area contributed by atoms with E-state index in [0.29, 0.717) is 66.1 Å². The van der Waals surface area contributed by atoms with Gasteiger partial charge in [0.2, 0.25) is 5.91 Å². The molecule has 4 aromatic carbocycles. The zero-order valence-corrected chi connectivity index (χ0v) is 40.2. The molecule has 1 N–H and O–H groups in total. The molecule has 0 radical (unpaired) electrons. The summed E-state index contributed by atoms with van der Waals surface area (Å²) in [7, 11) is 0. The fourth-order valence-electron chi connectivity index (χ4n) is 9.34. The number of aromatic nitrogens is 1. The van der Waals surface area contributed by atoms with Gasteiger partial charge in [0.25, 0.3) is 11.8 Å². The molecule has 0 spiro atoms. The van der Waals surface area contributed by atoms with E-state index in [2.05, 4.69) is 9.83 Å². The highest BCUT2D eigenvalue weighted by molar-refractivity contribution is 7.81. The fourth-order valence-corrected chi connectivity index (χ4v) is 10.7. The van der Waals surface area contributed by atoms with Crippen molar-refractivity contribution in [1.29, 1.82) is 0 Å². The Kier molecular flexibility index (Phi) is 13.6. The number of anilines is 2. The number of carbonyl (C=O) groups is 4. The van der Waals surface area contributed by atoms with Crippen LogP contribution in [0.3, 0.4) is 0 Å². The first kappa shape index (κ1) is 47.0. The third-order valence-corrected chi connectivity index (χ3v) is 14.2. The van der Waals surface area contributed by atoms with Crippen LogP contribution in [0.1, 0.15) is 79.7 Å². The molecular weight excluding hydrogens is 885 g/mol. The Morgan fingerprint density at radius 1 is 0.985 bits per heavy atom. The lowest BCUT2D eigenvalue weighted by atomic mass is 9.97. The minimum absolute atomic E-state index is 0.0306. The first-order chi connectivity index (χ1) is 32.1. The normalized spacial score (nSPS) is 18.2. The minimum atomic E-state index is -0.953. The summed E-state index contributed by atoms with van der Waals surface area (Å²) in [4.78, 5) is 71.0. The third kappa shape index (κ3) is 9.30. The number of carbonyl (C=O) groups excluding carboxylic acids is 4. The predicted molar refractivity (Wildman–Crippen MR) is 263 cm³/mol. The van der Waals surface area contributed by atoms with E-state index in [-0.39, 0.29) is 48.8 Å². The molecule has 3 aliphatic heterocycles. The van der Waals surface area contributed by atoms with E-state index in [1.54, 1.807) is 28.6 Å². The van der Waals surface area contributed by atoms with Crippen molar-refractivity contribution in [3.8, 4) is 21.9 Å². The quantitative estimate of drug-likeness (QED) is 0.0581. The van der Waals surface area contributed by atoms with Gasteiger partial charge >= 0.3 is 0 Å². The largest absolute Gasteiger partial charge is 0.493 e. The molecule has 8 rings (SSSR count). The summed E-state index contributed by atoms with van der Waals surface area (Å²) in [6.45, 7) is 19.7. The molecule has 13 nitrogen and oxygen atoms in total. The van der Waals surface area contributed by atoms with Gasteiger partial charge in [-0.05, 0) is 123 Å². The molecule has 1 aromatic heterocycles. The van der Waals surface area contributed by atoms with E-state index < -0.39 is 23.7 Å². The fraction of sp³-hybridized carbons (Fsp3) is 0.365. The number of rotatable bonds is 16. The number of hydrogen-bond donors (Lipinski definition) is 1. The van der Waals surface area contributed by atoms with Gasteiger partial charge in [-0.2, -0.15) is 0 Å². The van der Waals surface area contributed by atoms with E-state index in [0.717, 1.165) is 38.5 Å². The molecule has 0 aliphatic carbocycles. The number of β-amino-alcohol motifs (C(OH)–C–C–N with tert-alkyl or cyclic N) is 1. The Balaban J connectivity index is 0.898. The number of hydrogen-bond acceptors (Lipinski definition) is 10. The molecule has 0 unspecified atom stereocenters. The molecule has 0 bridgehead atoms. The summed E-state index contributed by atoms with van der Waals surface area (Å²) in [5, 5.41) is 11.2. The Labute approximate surface area is 400 Å². The zero-order chi connectivity index (χ0) is 47.7. The van der Waals surface area contributed by atoms with Crippen LogP contribution in [0.15, 0.2) is 90.4 Å². The SMILES string of the molecule is [C-]#[N+]c1ccc(N2C(=O)C(C)(C)N(c3ccc(OCCCOc4cc(-c5scnc5C)ccc4CCC(=O)[C@@H]4C[C@@H](O)CN4C(=O)[C@H](C(C)C)N4Cc5ccccc5C4=O)cc3)C2=S)cc1C. The van der Waals surface area contributed by atoms with Gasteiger partial charge in [0.1, 0.15) is 23.1 Å². The molecular formula is C52H54N6O7S2. The highest BCUT2D eigenvalue weighted by Crippen LogP contribution is 2.39. The van der Waals surface area contributed by atoms with Crippen LogP contribution in [-0.4, -0.2) is 92.0 Å². The molecule has 2 saturated heterocycles. The van der Waals surface area contributed by atoms with E-state index in [4.69, 9.17) is 28.3 Å². The van der Waals surface area contributed by atoms with Crippen molar-refractivity contribution in [2.24, 2.45) is 5.92 Å². The Morgan fingerprint density at radius 2 is 1.72 bits per heavy atom. The van der Waals surface area contributed by atoms with Gasteiger partial charge in [-0.25, -0.2) is 9.83 Å². The number of nitrogens with zero attached hydrogens (tertiary/aromatic N) is 6. The molecule has 346 valence electrons. The number of benzene rings is 4. The summed E-state index contributed by atoms with van der Waals surface area (Å²) in [5.74, 6) is 0.220. The third-order valence-electron chi connectivity index (χ3n) is 12.9. The number of likely N-dealkylation sites (tertiary alicyclic amines) is 1. The molecule has 15 heteroatoms. The van der Waals surface area contributed by atoms with E-state index in [1.807, 2.05) is 113 Å². The summed E-state index contributed by atoms with van der Waals surface area (Å²) in [6.07, 6.45) is 0.326. The van der Waals surface area contributed by atoms with Crippen LogP contribution < -0.4 is 19.3 Å². The highest BCUT2D eigenvalue weighted by Gasteiger charge is 2.50. The number of ketones is 1. The Morgan fingerprint density at radius 3 is 2.40 bits per heavy atom. The number of amides is 3. The maximum Gasteiger partial charge on any atom is 0.259 e. The van der Waals surface area contributed by atoms with Crippen molar-refractivity contribution in [3.63, 3.8) is 0 Å². The van der Waals surface area contributed by atoms with E-state index in [9.17, 15) is 24.3 Å². The van der Waals surface area contributed by atoms with Crippen molar-refractivity contribution < 1.29 is 33.8 Å².